The number of methoxy groups -OCH3 is 1. The van der Waals surface area contributed by atoms with Crippen LogP contribution in [0, 0.1) is 5.92 Å². The van der Waals surface area contributed by atoms with Gasteiger partial charge in [0, 0.05) is 18.7 Å². The van der Waals surface area contributed by atoms with Crippen molar-refractivity contribution < 1.29 is 14.3 Å². The van der Waals surface area contributed by atoms with Crippen molar-refractivity contribution in [1.29, 1.82) is 0 Å². The molecule has 2 aromatic carbocycles. The van der Waals surface area contributed by atoms with Crippen molar-refractivity contribution in [3.05, 3.63) is 54.1 Å². The van der Waals surface area contributed by atoms with Crippen molar-refractivity contribution in [2.24, 2.45) is 5.92 Å². The summed E-state index contributed by atoms with van der Waals surface area (Å²) in [6.45, 7) is 2.43. The Kier molecular flexibility index (Phi) is 5.03. The van der Waals surface area contributed by atoms with Gasteiger partial charge in [-0.2, -0.15) is 0 Å². The van der Waals surface area contributed by atoms with E-state index in [1.807, 2.05) is 48.5 Å². The molecule has 0 aliphatic carbocycles. The average Bonchev–Trinajstić information content (AvgIpc) is 3.03. The predicted octanol–water partition coefficient (Wildman–Crippen LogP) is 3.25. The van der Waals surface area contributed by atoms with Gasteiger partial charge in [0.15, 0.2) is 0 Å². The van der Waals surface area contributed by atoms with E-state index in [-0.39, 0.29) is 24.2 Å². The zero-order valence-electron chi connectivity index (χ0n) is 14.5. The lowest BCUT2D eigenvalue weighted by Crippen LogP contribution is -2.28. The molecule has 5 nitrogen and oxygen atoms in total. The Balaban J connectivity index is 1.72. The summed E-state index contributed by atoms with van der Waals surface area (Å²) in [5, 5.41) is 2.93. The van der Waals surface area contributed by atoms with Crippen molar-refractivity contribution in [2.75, 3.05) is 23.9 Å². The molecule has 3 rings (SSSR count). The first-order chi connectivity index (χ1) is 12.1. The van der Waals surface area contributed by atoms with Crippen LogP contribution in [0.15, 0.2) is 48.5 Å². The van der Waals surface area contributed by atoms with Crippen LogP contribution in [0.5, 0.6) is 5.75 Å². The molecule has 25 heavy (non-hydrogen) atoms. The number of aryl methyl sites for hydroxylation is 1. The fourth-order valence-electron chi connectivity index (χ4n) is 3.08. The average molecular weight is 338 g/mol. The Morgan fingerprint density at radius 3 is 2.80 bits per heavy atom. The summed E-state index contributed by atoms with van der Waals surface area (Å²) in [6.07, 6.45) is 1.12. The number of hydrogen-bond acceptors (Lipinski definition) is 3. The zero-order chi connectivity index (χ0) is 17.8. The number of rotatable bonds is 5. The molecule has 0 aromatic heterocycles. The van der Waals surface area contributed by atoms with Gasteiger partial charge in [0.2, 0.25) is 11.8 Å². The fourth-order valence-corrected chi connectivity index (χ4v) is 3.08. The standard InChI is InChI=1S/C20H22N2O3/c1-3-14-7-6-8-16(11-14)21-20(24)15-12-19(23)22(13-15)17-9-4-5-10-18(17)25-2/h4-11,15H,3,12-13H2,1-2H3,(H,21,24)/t15-/m1/s1. The van der Waals surface area contributed by atoms with E-state index < -0.39 is 0 Å². The van der Waals surface area contributed by atoms with Gasteiger partial charge in [-0.25, -0.2) is 0 Å². The number of carbonyl (C=O) groups excluding carboxylic acids is 2. The molecule has 0 bridgehead atoms. The largest absolute Gasteiger partial charge is 0.495 e. The molecule has 130 valence electrons. The van der Waals surface area contributed by atoms with Crippen molar-refractivity contribution in [3.63, 3.8) is 0 Å². The number of amides is 2. The number of anilines is 2. The maximum Gasteiger partial charge on any atom is 0.229 e. The molecule has 2 amide bonds. The van der Waals surface area contributed by atoms with E-state index in [0.717, 1.165) is 17.7 Å². The monoisotopic (exact) mass is 338 g/mol. The third kappa shape index (κ3) is 3.65. The molecule has 5 heteroatoms. The minimum absolute atomic E-state index is 0.0630. The number of para-hydroxylation sites is 2. The second-order valence-corrected chi connectivity index (χ2v) is 6.12. The number of nitrogens with one attached hydrogen (secondary N) is 1. The Hall–Kier alpha value is -2.82. The number of ether oxygens (including phenoxy) is 1. The van der Waals surface area contributed by atoms with Crippen molar-refractivity contribution in [1.82, 2.24) is 0 Å². The molecule has 1 atom stereocenters. The molecular formula is C20H22N2O3. The van der Waals surface area contributed by atoms with Gasteiger partial charge in [-0.15, -0.1) is 0 Å². The fraction of sp³-hybridized carbons (Fsp3) is 0.300. The highest BCUT2D eigenvalue weighted by molar-refractivity contribution is 6.04. The number of carbonyl (C=O) groups is 2. The van der Waals surface area contributed by atoms with E-state index in [1.165, 1.54) is 0 Å². The van der Waals surface area contributed by atoms with Gasteiger partial charge in [-0.1, -0.05) is 31.2 Å². The van der Waals surface area contributed by atoms with E-state index in [2.05, 4.69) is 12.2 Å². The van der Waals surface area contributed by atoms with E-state index in [4.69, 9.17) is 4.74 Å². The van der Waals surface area contributed by atoms with Crippen LogP contribution < -0.4 is 15.0 Å². The van der Waals surface area contributed by atoms with Crippen LogP contribution in [0.2, 0.25) is 0 Å². The highest BCUT2D eigenvalue weighted by Gasteiger charge is 2.36. The second kappa shape index (κ2) is 7.38. The van der Waals surface area contributed by atoms with Crippen LogP contribution >= 0.6 is 0 Å². The van der Waals surface area contributed by atoms with Crippen LogP contribution in [-0.4, -0.2) is 25.5 Å². The van der Waals surface area contributed by atoms with E-state index in [9.17, 15) is 9.59 Å². The van der Waals surface area contributed by atoms with Crippen LogP contribution in [0.4, 0.5) is 11.4 Å². The predicted molar refractivity (Wildman–Crippen MR) is 97.9 cm³/mol. The maximum absolute atomic E-state index is 12.6. The molecule has 1 N–H and O–H groups in total. The van der Waals surface area contributed by atoms with E-state index >= 15 is 0 Å². The van der Waals surface area contributed by atoms with Crippen molar-refractivity contribution in [2.45, 2.75) is 19.8 Å². The molecule has 1 aliphatic rings. The summed E-state index contributed by atoms with van der Waals surface area (Å²) in [5.74, 6) is 0.0706. The van der Waals surface area contributed by atoms with Gasteiger partial charge in [-0.3, -0.25) is 9.59 Å². The third-order valence-corrected chi connectivity index (χ3v) is 4.47. The summed E-state index contributed by atoms with van der Waals surface area (Å²) in [4.78, 5) is 26.6. The maximum atomic E-state index is 12.6. The Morgan fingerprint density at radius 2 is 2.04 bits per heavy atom. The van der Waals surface area contributed by atoms with E-state index in [0.29, 0.717) is 18.0 Å². The zero-order valence-corrected chi connectivity index (χ0v) is 14.5. The SMILES string of the molecule is CCc1cccc(NC(=O)[C@@H]2CC(=O)N(c3ccccc3OC)C2)c1. The Bertz CT molecular complexity index is 788. The van der Waals surface area contributed by atoms with Crippen LogP contribution in [-0.2, 0) is 16.0 Å². The second-order valence-electron chi connectivity index (χ2n) is 6.12. The number of hydrogen-bond donors (Lipinski definition) is 1. The van der Waals surface area contributed by atoms with Gasteiger partial charge < -0.3 is 15.0 Å². The van der Waals surface area contributed by atoms with Gasteiger partial charge in [0.25, 0.3) is 0 Å². The van der Waals surface area contributed by atoms with Crippen molar-refractivity contribution >= 4 is 23.2 Å². The summed E-state index contributed by atoms with van der Waals surface area (Å²) < 4.78 is 5.33. The molecule has 1 fully saturated rings. The number of benzene rings is 2. The first-order valence-corrected chi connectivity index (χ1v) is 8.45. The molecular weight excluding hydrogens is 316 g/mol. The summed E-state index contributed by atoms with van der Waals surface area (Å²) in [6, 6.07) is 15.1. The van der Waals surface area contributed by atoms with Crippen LogP contribution in [0.3, 0.4) is 0 Å². The lowest BCUT2D eigenvalue weighted by Gasteiger charge is -2.19. The molecule has 0 saturated carbocycles. The van der Waals surface area contributed by atoms with Gasteiger partial charge >= 0.3 is 0 Å². The minimum atomic E-state index is -0.373. The first kappa shape index (κ1) is 17.0. The molecule has 1 heterocycles. The molecule has 0 unspecified atom stereocenters. The lowest BCUT2D eigenvalue weighted by atomic mass is 10.1. The van der Waals surface area contributed by atoms with Crippen LogP contribution in [0.25, 0.3) is 0 Å². The van der Waals surface area contributed by atoms with Gasteiger partial charge in [0.1, 0.15) is 5.75 Å². The highest BCUT2D eigenvalue weighted by atomic mass is 16.5. The Labute approximate surface area is 147 Å². The minimum Gasteiger partial charge on any atom is -0.495 e. The van der Waals surface area contributed by atoms with E-state index in [1.54, 1.807) is 12.0 Å². The number of nitrogens with zero attached hydrogens (tertiary/aromatic N) is 1. The Morgan fingerprint density at radius 1 is 1.24 bits per heavy atom. The summed E-state index contributed by atoms with van der Waals surface area (Å²) in [5.41, 5.74) is 2.64. The lowest BCUT2D eigenvalue weighted by molar-refractivity contribution is -0.122. The van der Waals surface area contributed by atoms with Crippen LogP contribution in [0.1, 0.15) is 18.9 Å². The first-order valence-electron chi connectivity index (χ1n) is 8.45. The third-order valence-electron chi connectivity index (χ3n) is 4.47. The molecule has 0 spiro atoms. The quantitative estimate of drug-likeness (QED) is 0.910. The normalized spacial score (nSPS) is 16.8. The van der Waals surface area contributed by atoms with Gasteiger partial charge in [-0.05, 0) is 36.2 Å². The molecule has 0 radical (unpaired) electrons. The van der Waals surface area contributed by atoms with Gasteiger partial charge in [0.05, 0.1) is 18.7 Å². The molecule has 2 aromatic rings. The van der Waals surface area contributed by atoms with Crippen molar-refractivity contribution in [3.8, 4) is 5.75 Å². The molecule has 1 aliphatic heterocycles. The summed E-state index contributed by atoms with van der Waals surface area (Å²) >= 11 is 0. The smallest absolute Gasteiger partial charge is 0.229 e. The topological polar surface area (TPSA) is 58.6 Å². The molecule has 1 saturated heterocycles. The summed E-state index contributed by atoms with van der Waals surface area (Å²) in [7, 11) is 1.57. The highest BCUT2D eigenvalue weighted by Crippen LogP contribution is 2.33.